The Labute approximate surface area is 179 Å². The van der Waals surface area contributed by atoms with Crippen LogP contribution in [-0.4, -0.2) is 23.0 Å². The van der Waals surface area contributed by atoms with Crippen LogP contribution in [0.3, 0.4) is 0 Å². The number of ether oxygens (including phenoxy) is 1. The molecule has 156 valence electrons. The molecule has 1 N–H and O–H groups in total. The van der Waals surface area contributed by atoms with Crippen LogP contribution in [-0.2, 0) is 20.7 Å². The number of amides is 1. The molecule has 0 saturated carbocycles. The van der Waals surface area contributed by atoms with Crippen molar-refractivity contribution in [1.29, 1.82) is 0 Å². The SMILES string of the molecule is C[C@@H](OC(=O)CCc1nc2ccccc2o1)C(=O)Nc1ccccc1-c1ccccc1. The van der Waals surface area contributed by atoms with Crippen LogP contribution in [0.2, 0.25) is 0 Å². The first-order chi connectivity index (χ1) is 15.1. The van der Waals surface area contributed by atoms with Gasteiger partial charge in [0.25, 0.3) is 5.91 Å². The van der Waals surface area contributed by atoms with Crippen LogP contribution in [0, 0.1) is 0 Å². The highest BCUT2D eigenvalue weighted by atomic mass is 16.5. The maximum absolute atomic E-state index is 12.6. The molecule has 0 saturated heterocycles. The summed E-state index contributed by atoms with van der Waals surface area (Å²) in [5.74, 6) is -0.410. The van der Waals surface area contributed by atoms with Gasteiger partial charge in [0.15, 0.2) is 17.6 Å². The summed E-state index contributed by atoms with van der Waals surface area (Å²) in [7, 11) is 0. The molecule has 6 heteroatoms. The summed E-state index contributed by atoms with van der Waals surface area (Å²) in [6, 6.07) is 24.7. The fourth-order valence-corrected chi connectivity index (χ4v) is 3.24. The molecule has 1 heterocycles. The molecule has 0 spiro atoms. The molecule has 6 nitrogen and oxygen atoms in total. The maximum Gasteiger partial charge on any atom is 0.307 e. The topological polar surface area (TPSA) is 81.4 Å². The third kappa shape index (κ3) is 4.98. The van der Waals surface area contributed by atoms with Crippen LogP contribution in [0.4, 0.5) is 5.69 Å². The Balaban J connectivity index is 1.34. The number of anilines is 1. The van der Waals surface area contributed by atoms with E-state index in [0.29, 0.717) is 23.6 Å². The predicted octanol–water partition coefficient (Wildman–Crippen LogP) is 5.00. The minimum absolute atomic E-state index is 0.0744. The largest absolute Gasteiger partial charge is 0.453 e. The number of carbonyl (C=O) groups is 2. The zero-order valence-corrected chi connectivity index (χ0v) is 17.1. The average molecular weight is 414 g/mol. The van der Waals surface area contributed by atoms with Crippen molar-refractivity contribution in [3.05, 3.63) is 84.8 Å². The summed E-state index contributed by atoms with van der Waals surface area (Å²) < 4.78 is 10.9. The van der Waals surface area contributed by atoms with Crippen LogP contribution in [0.15, 0.2) is 83.3 Å². The third-order valence-corrected chi connectivity index (χ3v) is 4.83. The van der Waals surface area contributed by atoms with Gasteiger partial charge in [-0.1, -0.05) is 60.7 Å². The van der Waals surface area contributed by atoms with Crippen molar-refractivity contribution in [2.75, 3.05) is 5.32 Å². The number of nitrogens with zero attached hydrogens (tertiary/aromatic N) is 1. The molecule has 0 fully saturated rings. The summed E-state index contributed by atoms with van der Waals surface area (Å²) >= 11 is 0. The number of esters is 1. The number of aryl methyl sites for hydroxylation is 1. The van der Waals surface area contributed by atoms with Gasteiger partial charge in [-0.3, -0.25) is 9.59 Å². The average Bonchev–Trinajstić information content (AvgIpc) is 3.22. The van der Waals surface area contributed by atoms with Gasteiger partial charge in [-0.15, -0.1) is 0 Å². The molecule has 31 heavy (non-hydrogen) atoms. The molecular formula is C25H22N2O4. The number of oxazole rings is 1. The molecule has 0 aliphatic rings. The van der Waals surface area contributed by atoms with Crippen LogP contribution in [0.1, 0.15) is 19.2 Å². The van der Waals surface area contributed by atoms with Gasteiger partial charge in [0.05, 0.1) is 6.42 Å². The second-order valence-corrected chi connectivity index (χ2v) is 7.11. The van der Waals surface area contributed by atoms with Crippen molar-refractivity contribution in [1.82, 2.24) is 4.98 Å². The summed E-state index contributed by atoms with van der Waals surface area (Å²) in [5, 5.41) is 2.86. The Morgan fingerprint density at radius 3 is 2.48 bits per heavy atom. The van der Waals surface area contributed by atoms with Crippen LogP contribution in [0.5, 0.6) is 0 Å². The van der Waals surface area contributed by atoms with Gasteiger partial charge in [0.2, 0.25) is 0 Å². The fraction of sp³-hybridized carbons (Fsp3) is 0.160. The summed E-state index contributed by atoms with van der Waals surface area (Å²) in [6.45, 7) is 1.55. The van der Waals surface area contributed by atoms with Crippen molar-refractivity contribution in [3.8, 4) is 11.1 Å². The Hall–Kier alpha value is -3.93. The van der Waals surface area contributed by atoms with Gasteiger partial charge in [-0.2, -0.15) is 0 Å². The van der Waals surface area contributed by atoms with E-state index in [9.17, 15) is 9.59 Å². The lowest BCUT2D eigenvalue weighted by atomic mass is 10.0. The molecule has 0 bridgehead atoms. The van der Waals surface area contributed by atoms with Crippen LogP contribution >= 0.6 is 0 Å². The first-order valence-corrected chi connectivity index (χ1v) is 10.1. The molecule has 4 rings (SSSR count). The monoisotopic (exact) mass is 414 g/mol. The van der Waals surface area contributed by atoms with E-state index in [1.807, 2.05) is 78.9 Å². The van der Waals surface area contributed by atoms with E-state index in [1.165, 1.54) is 0 Å². The normalized spacial score (nSPS) is 11.8. The summed E-state index contributed by atoms with van der Waals surface area (Å²) in [6.07, 6.45) is -0.552. The Kier molecular flexibility index (Phi) is 6.08. The number of fused-ring (bicyclic) bond motifs is 1. The molecular weight excluding hydrogens is 392 g/mol. The summed E-state index contributed by atoms with van der Waals surface area (Å²) in [4.78, 5) is 29.2. The summed E-state index contributed by atoms with van der Waals surface area (Å²) in [5.41, 5.74) is 3.96. The van der Waals surface area contributed by atoms with Crippen molar-refractivity contribution >= 4 is 28.7 Å². The molecule has 0 aliphatic heterocycles. The number of aromatic nitrogens is 1. The van der Waals surface area contributed by atoms with Gasteiger partial charge in [0.1, 0.15) is 5.52 Å². The van der Waals surface area contributed by atoms with E-state index in [4.69, 9.17) is 9.15 Å². The van der Waals surface area contributed by atoms with E-state index < -0.39 is 18.0 Å². The maximum atomic E-state index is 12.6. The molecule has 0 unspecified atom stereocenters. The fourth-order valence-electron chi connectivity index (χ4n) is 3.24. The Morgan fingerprint density at radius 1 is 0.968 bits per heavy atom. The second-order valence-electron chi connectivity index (χ2n) is 7.11. The van der Waals surface area contributed by atoms with Gasteiger partial charge in [0, 0.05) is 17.7 Å². The number of hydrogen-bond acceptors (Lipinski definition) is 5. The van der Waals surface area contributed by atoms with Gasteiger partial charge in [-0.25, -0.2) is 4.98 Å². The molecule has 1 amide bonds. The lowest BCUT2D eigenvalue weighted by molar-refractivity contribution is -0.153. The smallest absolute Gasteiger partial charge is 0.307 e. The zero-order valence-electron chi connectivity index (χ0n) is 17.1. The number of nitrogens with one attached hydrogen (secondary N) is 1. The number of rotatable bonds is 7. The van der Waals surface area contributed by atoms with Crippen molar-refractivity contribution in [2.45, 2.75) is 25.9 Å². The first kappa shape index (κ1) is 20.3. The van der Waals surface area contributed by atoms with E-state index >= 15 is 0 Å². The van der Waals surface area contributed by atoms with Crippen LogP contribution < -0.4 is 5.32 Å². The van der Waals surface area contributed by atoms with Crippen molar-refractivity contribution < 1.29 is 18.7 Å². The minimum Gasteiger partial charge on any atom is -0.453 e. The van der Waals surface area contributed by atoms with E-state index in [0.717, 1.165) is 16.6 Å². The second kappa shape index (κ2) is 9.26. The zero-order chi connectivity index (χ0) is 21.6. The molecule has 3 aromatic carbocycles. The first-order valence-electron chi connectivity index (χ1n) is 10.1. The number of carbonyl (C=O) groups excluding carboxylic acids is 2. The van der Waals surface area contributed by atoms with Gasteiger partial charge >= 0.3 is 5.97 Å². The lowest BCUT2D eigenvalue weighted by Gasteiger charge is -2.15. The third-order valence-electron chi connectivity index (χ3n) is 4.83. The lowest BCUT2D eigenvalue weighted by Crippen LogP contribution is -2.30. The van der Waals surface area contributed by atoms with Crippen LogP contribution in [0.25, 0.3) is 22.2 Å². The number of para-hydroxylation sites is 3. The number of benzene rings is 3. The van der Waals surface area contributed by atoms with E-state index in [1.54, 1.807) is 6.92 Å². The van der Waals surface area contributed by atoms with Crippen molar-refractivity contribution in [2.24, 2.45) is 0 Å². The molecule has 1 atom stereocenters. The predicted molar refractivity (Wildman–Crippen MR) is 118 cm³/mol. The van der Waals surface area contributed by atoms with Gasteiger partial charge < -0.3 is 14.5 Å². The van der Waals surface area contributed by atoms with E-state index in [-0.39, 0.29) is 6.42 Å². The molecule has 0 radical (unpaired) electrons. The van der Waals surface area contributed by atoms with Gasteiger partial charge in [-0.05, 0) is 30.7 Å². The quantitative estimate of drug-likeness (QED) is 0.431. The molecule has 0 aliphatic carbocycles. The highest BCUT2D eigenvalue weighted by molar-refractivity contribution is 5.98. The Morgan fingerprint density at radius 2 is 1.68 bits per heavy atom. The highest BCUT2D eigenvalue weighted by Crippen LogP contribution is 2.27. The number of hydrogen-bond donors (Lipinski definition) is 1. The highest BCUT2D eigenvalue weighted by Gasteiger charge is 2.19. The molecule has 1 aromatic heterocycles. The Bertz CT molecular complexity index is 1170. The standard InChI is InChI=1S/C25H22N2O4/c1-17(30-24(28)16-15-23-26-21-13-7-8-14-22(21)31-23)25(29)27-20-12-6-5-11-19(20)18-9-3-2-4-10-18/h2-14,17H,15-16H2,1H3,(H,27,29)/t17-/m1/s1. The molecule has 4 aromatic rings. The van der Waals surface area contributed by atoms with E-state index in [2.05, 4.69) is 10.3 Å². The van der Waals surface area contributed by atoms with Crippen molar-refractivity contribution in [3.63, 3.8) is 0 Å². The minimum atomic E-state index is -0.931.